The Morgan fingerprint density at radius 1 is 1.36 bits per heavy atom. The van der Waals surface area contributed by atoms with Crippen LogP contribution in [-0.4, -0.2) is 54.6 Å². The Kier molecular flexibility index (Phi) is 4.32. The number of halogens is 1. The number of hydrogen-bond acceptors (Lipinski definition) is 5. The lowest BCUT2D eigenvalue weighted by molar-refractivity contribution is -0.161. The van der Waals surface area contributed by atoms with E-state index in [-0.39, 0.29) is 12.1 Å². The Morgan fingerprint density at radius 3 is 2.68 bits per heavy atom. The smallest absolute Gasteiger partial charge is 0.327 e. The second kappa shape index (κ2) is 6.06. The van der Waals surface area contributed by atoms with Crippen LogP contribution in [0.5, 0.6) is 0 Å². The molecule has 0 spiro atoms. The van der Waals surface area contributed by atoms with Gasteiger partial charge in [-0.25, -0.2) is 4.79 Å². The van der Waals surface area contributed by atoms with Crippen molar-refractivity contribution in [2.24, 2.45) is 0 Å². The fraction of sp³-hybridized carbons (Fsp3) is 0.467. The number of pyridine rings is 1. The highest BCUT2D eigenvalue weighted by Crippen LogP contribution is 2.50. The molecule has 134 valence electrons. The van der Waals surface area contributed by atoms with Gasteiger partial charge in [0.15, 0.2) is 0 Å². The van der Waals surface area contributed by atoms with Crippen LogP contribution in [0.4, 0.5) is 0 Å². The predicted molar refractivity (Wildman–Crippen MR) is 91.4 cm³/mol. The molecule has 0 bridgehead atoms. The lowest BCUT2D eigenvalue weighted by Gasteiger charge is -2.43. The van der Waals surface area contributed by atoms with Gasteiger partial charge in [0.1, 0.15) is 24.0 Å². The number of thioether (sulfide) groups is 1. The Labute approximate surface area is 152 Å². The molecule has 0 aromatic carbocycles. The maximum Gasteiger partial charge on any atom is 0.327 e. The van der Waals surface area contributed by atoms with E-state index in [1.54, 1.807) is 13.8 Å². The number of carbonyl (C=O) groups is 3. The van der Waals surface area contributed by atoms with Crippen molar-refractivity contribution in [1.29, 1.82) is 0 Å². The highest BCUT2D eigenvalue weighted by Gasteiger charge is 2.64. The van der Waals surface area contributed by atoms with Gasteiger partial charge in [-0.1, -0.05) is 11.6 Å². The van der Waals surface area contributed by atoms with E-state index in [4.69, 9.17) is 11.6 Å². The van der Waals surface area contributed by atoms with Gasteiger partial charge in [0.05, 0.1) is 5.02 Å². The topological polar surface area (TPSA) is 109 Å². The normalized spacial score (nSPS) is 26.8. The van der Waals surface area contributed by atoms with Crippen LogP contribution in [0.15, 0.2) is 23.1 Å². The maximum atomic E-state index is 12.3. The molecular formula is C15H16ClN3O5S. The maximum absolute atomic E-state index is 12.3. The first-order valence-corrected chi connectivity index (χ1v) is 8.76. The third kappa shape index (κ3) is 3.02. The van der Waals surface area contributed by atoms with Crippen molar-refractivity contribution < 1.29 is 19.5 Å². The van der Waals surface area contributed by atoms with E-state index in [0.29, 0.717) is 5.02 Å². The van der Waals surface area contributed by atoms with E-state index in [9.17, 15) is 24.3 Å². The second-order valence-corrected chi connectivity index (χ2v) is 8.66. The van der Waals surface area contributed by atoms with Crippen LogP contribution < -0.4 is 10.9 Å². The quantitative estimate of drug-likeness (QED) is 0.713. The Morgan fingerprint density at radius 2 is 2.04 bits per heavy atom. The molecule has 2 aliphatic heterocycles. The average molecular weight is 386 g/mol. The van der Waals surface area contributed by atoms with Crippen LogP contribution in [0, 0.1) is 0 Å². The third-order valence-corrected chi connectivity index (χ3v) is 6.05. The number of carboxylic acids is 1. The number of nitrogens with zero attached hydrogens (tertiary/aromatic N) is 2. The van der Waals surface area contributed by atoms with Crippen LogP contribution in [-0.2, 0) is 20.9 Å². The van der Waals surface area contributed by atoms with E-state index in [0.717, 1.165) is 4.57 Å². The molecule has 0 unspecified atom stereocenters. The van der Waals surface area contributed by atoms with E-state index < -0.39 is 40.0 Å². The summed E-state index contributed by atoms with van der Waals surface area (Å²) < 4.78 is 0.486. The molecule has 2 fully saturated rings. The van der Waals surface area contributed by atoms with Crippen molar-refractivity contribution in [3.63, 3.8) is 0 Å². The van der Waals surface area contributed by atoms with E-state index in [1.807, 2.05) is 0 Å². The molecule has 8 nitrogen and oxygen atoms in total. The number of aliphatic carboxylic acids is 1. The minimum absolute atomic E-state index is 0.272. The minimum atomic E-state index is -1.07. The minimum Gasteiger partial charge on any atom is -0.480 e. The summed E-state index contributed by atoms with van der Waals surface area (Å²) in [6, 6.07) is 0.947. The van der Waals surface area contributed by atoms with Crippen molar-refractivity contribution in [2.45, 2.75) is 42.6 Å². The predicted octanol–water partition coefficient (Wildman–Crippen LogP) is 0.133. The van der Waals surface area contributed by atoms with Gasteiger partial charge in [0, 0.05) is 17.0 Å². The average Bonchev–Trinajstić information content (AvgIpc) is 2.77. The number of aromatic nitrogens is 1. The summed E-state index contributed by atoms with van der Waals surface area (Å²) in [5, 5.41) is 11.8. The van der Waals surface area contributed by atoms with Crippen molar-refractivity contribution in [1.82, 2.24) is 14.8 Å². The highest BCUT2D eigenvalue weighted by atomic mass is 35.5. The molecule has 0 saturated carbocycles. The number of β-lactam (4-membered cyclic amide) rings is 1. The SMILES string of the molecule is CC1(C)S[C@@H]2[C@H](NC(=O)Cn3cc(Cl)ccc3=O)C(=O)N2[C@H]1C(=O)O. The van der Waals surface area contributed by atoms with Crippen molar-refractivity contribution in [2.75, 3.05) is 0 Å². The van der Waals surface area contributed by atoms with Gasteiger partial charge in [0.2, 0.25) is 11.8 Å². The van der Waals surface area contributed by atoms with Crippen LogP contribution in [0.25, 0.3) is 0 Å². The number of nitrogens with one attached hydrogen (secondary N) is 1. The zero-order chi connectivity index (χ0) is 18.5. The number of hydrogen-bond donors (Lipinski definition) is 2. The summed E-state index contributed by atoms with van der Waals surface area (Å²) in [5.41, 5.74) is -0.386. The van der Waals surface area contributed by atoms with Crippen molar-refractivity contribution >= 4 is 41.1 Å². The summed E-state index contributed by atoms with van der Waals surface area (Å²) in [5.74, 6) is -2.01. The van der Waals surface area contributed by atoms with Gasteiger partial charge in [-0.2, -0.15) is 0 Å². The first-order valence-electron chi connectivity index (χ1n) is 7.50. The summed E-state index contributed by atoms with van der Waals surface area (Å²) >= 11 is 7.15. The molecule has 1 aromatic heterocycles. The molecule has 2 N–H and O–H groups in total. The lowest BCUT2D eigenvalue weighted by Crippen LogP contribution is -2.70. The molecule has 0 radical (unpaired) electrons. The molecule has 10 heteroatoms. The lowest BCUT2D eigenvalue weighted by atomic mass is 9.96. The van der Waals surface area contributed by atoms with E-state index in [1.165, 1.54) is 35.0 Å². The van der Waals surface area contributed by atoms with Crippen LogP contribution in [0.2, 0.25) is 5.02 Å². The molecule has 3 heterocycles. The Balaban J connectivity index is 1.70. The van der Waals surface area contributed by atoms with Crippen LogP contribution in [0.1, 0.15) is 13.8 Å². The standard InChI is InChI=1S/C15H16ClN3O5S/c1-15(2)11(14(23)24)19-12(22)10(13(19)25-15)17-8(20)6-18-5-7(16)3-4-9(18)21/h3-5,10-11,13H,6H2,1-2H3,(H,17,20)(H,23,24)/t10-,11+,13-/m1/s1. The van der Waals surface area contributed by atoms with Gasteiger partial charge in [-0.15, -0.1) is 11.8 Å². The van der Waals surface area contributed by atoms with Gasteiger partial charge in [0.25, 0.3) is 5.56 Å². The first-order chi connectivity index (χ1) is 11.6. The molecule has 2 saturated heterocycles. The van der Waals surface area contributed by atoms with E-state index in [2.05, 4.69) is 5.32 Å². The zero-order valence-corrected chi connectivity index (χ0v) is 15.0. The first kappa shape index (κ1) is 17.8. The third-order valence-electron chi connectivity index (χ3n) is 4.25. The Bertz CT molecular complexity index is 824. The molecule has 0 aliphatic carbocycles. The summed E-state index contributed by atoms with van der Waals surface area (Å²) in [7, 11) is 0. The monoisotopic (exact) mass is 385 g/mol. The van der Waals surface area contributed by atoms with Gasteiger partial charge in [-0.3, -0.25) is 14.4 Å². The fourth-order valence-corrected chi connectivity index (χ4v) is 4.95. The number of fused-ring (bicyclic) bond motifs is 1. The zero-order valence-electron chi connectivity index (χ0n) is 13.4. The van der Waals surface area contributed by atoms with Gasteiger partial charge < -0.3 is 19.9 Å². The van der Waals surface area contributed by atoms with Gasteiger partial charge >= 0.3 is 5.97 Å². The van der Waals surface area contributed by atoms with Gasteiger partial charge in [-0.05, 0) is 19.9 Å². The number of rotatable bonds is 4. The van der Waals surface area contributed by atoms with Crippen molar-refractivity contribution in [3.05, 3.63) is 33.7 Å². The molecule has 2 aliphatic rings. The van der Waals surface area contributed by atoms with Crippen LogP contribution >= 0.6 is 23.4 Å². The number of carboxylic acid groups (broad SMARTS) is 1. The highest BCUT2D eigenvalue weighted by molar-refractivity contribution is 8.01. The number of amides is 2. The summed E-state index contributed by atoms with van der Waals surface area (Å²) in [4.78, 5) is 48.9. The molecule has 25 heavy (non-hydrogen) atoms. The summed E-state index contributed by atoms with van der Waals surface area (Å²) in [6.07, 6.45) is 1.34. The second-order valence-electron chi connectivity index (χ2n) is 6.46. The summed E-state index contributed by atoms with van der Waals surface area (Å²) in [6.45, 7) is 3.24. The van der Waals surface area contributed by atoms with Crippen molar-refractivity contribution in [3.8, 4) is 0 Å². The molecule has 3 rings (SSSR count). The molecule has 2 amide bonds. The Hall–Kier alpha value is -2.00. The van der Waals surface area contributed by atoms with Crippen LogP contribution in [0.3, 0.4) is 0 Å². The number of carbonyl (C=O) groups excluding carboxylic acids is 2. The van der Waals surface area contributed by atoms with E-state index >= 15 is 0 Å². The fourth-order valence-electron chi connectivity index (χ4n) is 3.14. The molecule has 1 aromatic rings. The largest absolute Gasteiger partial charge is 0.480 e. The molecular weight excluding hydrogens is 370 g/mol. The molecule has 3 atom stereocenters.